The molecular weight excluding hydrogens is 288 g/mol. The van der Waals surface area contributed by atoms with Crippen molar-refractivity contribution in [1.29, 1.82) is 0 Å². The molecule has 0 saturated heterocycles. The molecule has 0 spiro atoms. The van der Waals surface area contributed by atoms with Gasteiger partial charge in [-0.2, -0.15) is 0 Å². The lowest BCUT2D eigenvalue weighted by Gasteiger charge is -2.20. The zero-order chi connectivity index (χ0) is 13.0. The highest BCUT2D eigenvalue weighted by molar-refractivity contribution is 9.10. The molecule has 0 saturated carbocycles. The Balaban J connectivity index is 2.21. The summed E-state index contributed by atoms with van der Waals surface area (Å²) in [6.45, 7) is 1.86. The minimum absolute atomic E-state index is 0.139. The van der Waals surface area contributed by atoms with Gasteiger partial charge in [0.2, 0.25) is 0 Å². The van der Waals surface area contributed by atoms with Gasteiger partial charge in [0.05, 0.1) is 6.10 Å². The standard InChI is InChI=1S/C16H17BrO/c1-12(18)16(11-13-5-3-2-4-6-13)14-7-9-15(17)10-8-14/h2-10,12,16,18H,11H2,1H3. The van der Waals surface area contributed by atoms with Crippen LogP contribution >= 0.6 is 15.9 Å². The van der Waals surface area contributed by atoms with Crippen LogP contribution in [0.4, 0.5) is 0 Å². The third-order valence-corrected chi connectivity index (χ3v) is 3.71. The lowest BCUT2D eigenvalue weighted by atomic mass is 9.88. The van der Waals surface area contributed by atoms with Gasteiger partial charge < -0.3 is 5.11 Å². The summed E-state index contributed by atoms with van der Waals surface area (Å²) in [4.78, 5) is 0. The molecule has 0 aliphatic heterocycles. The van der Waals surface area contributed by atoms with E-state index in [0.29, 0.717) is 0 Å². The lowest BCUT2D eigenvalue weighted by Crippen LogP contribution is -2.17. The third-order valence-electron chi connectivity index (χ3n) is 3.18. The summed E-state index contributed by atoms with van der Waals surface area (Å²) >= 11 is 3.44. The maximum atomic E-state index is 9.98. The Hall–Kier alpha value is -1.12. The van der Waals surface area contributed by atoms with E-state index < -0.39 is 0 Å². The summed E-state index contributed by atoms with van der Waals surface area (Å²) in [6.07, 6.45) is 0.506. The summed E-state index contributed by atoms with van der Waals surface area (Å²) in [5.74, 6) is 0.139. The van der Waals surface area contributed by atoms with Crippen molar-refractivity contribution in [1.82, 2.24) is 0 Å². The SMILES string of the molecule is CC(O)C(Cc1ccccc1)c1ccc(Br)cc1. The van der Waals surface area contributed by atoms with Gasteiger partial charge in [-0.25, -0.2) is 0 Å². The van der Waals surface area contributed by atoms with Crippen LogP contribution in [0, 0.1) is 0 Å². The molecule has 2 rings (SSSR count). The third kappa shape index (κ3) is 3.44. The first-order valence-electron chi connectivity index (χ1n) is 6.14. The second kappa shape index (κ2) is 6.17. The normalized spacial score (nSPS) is 14.2. The van der Waals surface area contributed by atoms with E-state index in [9.17, 15) is 5.11 Å². The van der Waals surface area contributed by atoms with Gasteiger partial charge in [0.15, 0.2) is 0 Å². The zero-order valence-corrected chi connectivity index (χ0v) is 12.0. The minimum atomic E-state index is -0.355. The molecule has 0 aliphatic carbocycles. The summed E-state index contributed by atoms with van der Waals surface area (Å²) in [6, 6.07) is 18.5. The Kier molecular flexibility index (Phi) is 4.56. The van der Waals surface area contributed by atoms with Crippen molar-refractivity contribution in [3.05, 3.63) is 70.2 Å². The summed E-state index contributed by atoms with van der Waals surface area (Å²) in [5.41, 5.74) is 2.43. The fraction of sp³-hybridized carbons (Fsp3) is 0.250. The maximum Gasteiger partial charge on any atom is 0.0583 e. The summed E-state index contributed by atoms with van der Waals surface area (Å²) in [7, 11) is 0. The van der Waals surface area contributed by atoms with E-state index in [1.54, 1.807) is 0 Å². The predicted molar refractivity (Wildman–Crippen MR) is 78.7 cm³/mol. The lowest BCUT2D eigenvalue weighted by molar-refractivity contribution is 0.161. The second-order valence-electron chi connectivity index (χ2n) is 4.59. The zero-order valence-electron chi connectivity index (χ0n) is 10.4. The average Bonchev–Trinajstić information content (AvgIpc) is 2.38. The fourth-order valence-corrected chi connectivity index (χ4v) is 2.41. The monoisotopic (exact) mass is 304 g/mol. The number of benzene rings is 2. The molecule has 2 aromatic rings. The van der Waals surface area contributed by atoms with Crippen molar-refractivity contribution in [2.75, 3.05) is 0 Å². The molecule has 2 heteroatoms. The smallest absolute Gasteiger partial charge is 0.0583 e. The van der Waals surface area contributed by atoms with Crippen LogP contribution < -0.4 is 0 Å². The number of rotatable bonds is 4. The molecule has 0 aliphatic rings. The van der Waals surface area contributed by atoms with Crippen LogP contribution in [0.2, 0.25) is 0 Å². The van der Waals surface area contributed by atoms with Crippen LogP contribution in [0.3, 0.4) is 0 Å². The molecule has 0 radical (unpaired) electrons. The topological polar surface area (TPSA) is 20.2 Å². The van der Waals surface area contributed by atoms with Gasteiger partial charge in [-0.05, 0) is 36.6 Å². The number of hydrogen-bond acceptors (Lipinski definition) is 1. The van der Waals surface area contributed by atoms with Gasteiger partial charge in [0.1, 0.15) is 0 Å². The molecule has 0 bridgehead atoms. The van der Waals surface area contributed by atoms with Crippen LogP contribution in [0.5, 0.6) is 0 Å². The van der Waals surface area contributed by atoms with Gasteiger partial charge in [0, 0.05) is 10.4 Å². The molecule has 2 atom stereocenters. The predicted octanol–water partition coefficient (Wildman–Crippen LogP) is 4.16. The van der Waals surface area contributed by atoms with Gasteiger partial charge in [-0.1, -0.05) is 58.4 Å². The first-order chi connectivity index (χ1) is 8.66. The summed E-state index contributed by atoms with van der Waals surface area (Å²) in [5, 5.41) is 9.98. The molecule has 0 fully saturated rings. The van der Waals surface area contributed by atoms with E-state index in [2.05, 4.69) is 40.2 Å². The van der Waals surface area contributed by atoms with Crippen molar-refractivity contribution in [3.63, 3.8) is 0 Å². The Morgan fingerprint density at radius 3 is 2.17 bits per heavy atom. The molecule has 94 valence electrons. The van der Waals surface area contributed by atoms with E-state index in [4.69, 9.17) is 0 Å². The highest BCUT2D eigenvalue weighted by Crippen LogP contribution is 2.25. The number of hydrogen-bond donors (Lipinski definition) is 1. The van der Waals surface area contributed by atoms with Gasteiger partial charge in [0.25, 0.3) is 0 Å². The quantitative estimate of drug-likeness (QED) is 0.899. The number of aliphatic hydroxyl groups excluding tert-OH is 1. The molecule has 0 aromatic heterocycles. The molecule has 1 N–H and O–H groups in total. The molecule has 18 heavy (non-hydrogen) atoms. The van der Waals surface area contributed by atoms with E-state index >= 15 is 0 Å². The van der Waals surface area contributed by atoms with Crippen molar-refractivity contribution in [2.24, 2.45) is 0 Å². The Labute approximate surface area is 117 Å². The van der Waals surface area contributed by atoms with Crippen molar-refractivity contribution in [2.45, 2.75) is 25.4 Å². The molecule has 2 unspecified atom stereocenters. The van der Waals surface area contributed by atoms with Crippen LogP contribution in [0.15, 0.2) is 59.1 Å². The number of aliphatic hydroxyl groups is 1. The second-order valence-corrected chi connectivity index (χ2v) is 5.50. The maximum absolute atomic E-state index is 9.98. The molecule has 1 nitrogen and oxygen atoms in total. The Morgan fingerprint density at radius 2 is 1.61 bits per heavy atom. The summed E-state index contributed by atoms with van der Waals surface area (Å²) < 4.78 is 1.07. The van der Waals surface area contributed by atoms with Crippen molar-refractivity contribution >= 4 is 15.9 Å². The Morgan fingerprint density at radius 1 is 1.00 bits per heavy atom. The van der Waals surface area contributed by atoms with E-state index in [-0.39, 0.29) is 12.0 Å². The fourth-order valence-electron chi connectivity index (χ4n) is 2.14. The highest BCUT2D eigenvalue weighted by Gasteiger charge is 2.17. The van der Waals surface area contributed by atoms with Crippen molar-refractivity contribution in [3.8, 4) is 0 Å². The van der Waals surface area contributed by atoms with Crippen LogP contribution in [0.1, 0.15) is 24.0 Å². The first kappa shape index (κ1) is 13.3. The van der Waals surface area contributed by atoms with E-state index in [0.717, 1.165) is 10.9 Å². The van der Waals surface area contributed by atoms with Crippen molar-refractivity contribution < 1.29 is 5.11 Å². The van der Waals surface area contributed by atoms with Crippen LogP contribution in [-0.2, 0) is 6.42 Å². The van der Waals surface area contributed by atoms with E-state index in [1.165, 1.54) is 11.1 Å². The van der Waals surface area contributed by atoms with Gasteiger partial charge in [-0.15, -0.1) is 0 Å². The molecule has 0 amide bonds. The van der Waals surface area contributed by atoms with Gasteiger partial charge in [-0.3, -0.25) is 0 Å². The number of halogens is 1. The molecular formula is C16H17BrO. The average molecular weight is 305 g/mol. The molecule has 2 aromatic carbocycles. The Bertz CT molecular complexity index is 476. The first-order valence-corrected chi connectivity index (χ1v) is 6.93. The van der Waals surface area contributed by atoms with Crippen LogP contribution in [0.25, 0.3) is 0 Å². The minimum Gasteiger partial charge on any atom is -0.393 e. The van der Waals surface area contributed by atoms with Gasteiger partial charge >= 0.3 is 0 Å². The molecule has 0 heterocycles. The van der Waals surface area contributed by atoms with Crippen LogP contribution in [-0.4, -0.2) is 11.2 Å². The largest absolute Gasteiger partial charge is 0.393 e. The van der Waals surface area contributed by atoms with E-state index in [1.807, 2.05) is 37.3 Å². The highest BCUT2D eigenvalue weighted by atomic mass is 79.9.